The van der Waals surface area contributed by atoms with Crippen molar-refractivity contribution in [3.63, 3.8) is 0 Å². The molecular formula is C38H45BCl2N4O4. The monoisotopic (exact) mass is 702 g/mol. The van der Waals surface area contributed by atoms with Crippen LogP contribution < -0.4 is 16.2 Å². The van der Waals surface area contributed by atoms with Gasteiger partial charge in [0.15, 0.2) is 11.0 Å². The van der Waals surface area contributed by atoms with Crippen molar-refractivity contribution >= 4 is 42.0 Å². The maximum absolute atomic E-state index is 14.3. The number of halogens is 2. The van der Waals surface area contributed by atoms with Gasteiger partial charge in [0.2, 0.25) is 5.91 Å². The van der Waals surface area contributed by atoms with Gasteiger partial charge in [-0.25, -0.2) is 4.98 Å². The number of hydrogen-bond acceptors (Lipinski definition) is 6. The smallest absolute Gasteiger partial charge is 0.404 e. The normalized spacial score (nSPS) is 28.3. The van der Waals surface area contributed by atoms with Gasteiger partial charge in [-0.15, -0.1) is 6.58 Å². The summed E-state index contributed by atoms with van der Waals surface area (Å²) in [5.74, 6) is 0.286. The van der Waals surface area contributed by atoms with E-state index in [1.54, 1.807) is 16.7 Å². The fourth-order valence-electron chi connectivity index (χ4n) is 9.08. The van der Waals surface area contributed by atoms with Crippen LogP contribution in [0.1, 0.15) is 88.1 Å². The molecule has 2 aromatic carbocycles. The lowest BCUT2D eigenvalue weighted by atomic mass is 9.43. The number of aryl methyl sites for hydroxylation is 1. The van der Waals surface area contributed by atoms with Crippen LogP contribution in [0.3, 0.4) is 0 Å². The molecule has 49 heavy (non-hydrogen) atoms. The van der Waals surface area contributed by atoms with E-state index in [4.69, 9.17) is 32.5 Å². The van der Waals surface area contributed by atoms with Gasteiger partial charge in [0.25, 0.3) is 5.56 Å². The lowest BCUT2D eigenvalue weighted by Crippen LogP contribution is -2.65. The maximum atomic E-state index is 14.3. The molecule has 5 aliphatic rings. The van der Waals surface area contributed by atoms with Gasteiger partial charge in [0, 0.05) is 17.5 Å². The second kappa shape index (κ2) is 13.6. The Bertz CT molecular complexity index is 1790. The summed E-state index contributed by atoms with van der Waals surface area (Å²) in [5.41, 5.74) is 2.18. The Morgan fingerprint density at radius 2 is 1.90 bits per heavy atom. The molecule has 8 nitrogen and oxygen atoms in total. The Balaban J connectivity index is 1.14. The molecule has 3 heterocycles. The average Bonchev–Trinajstić information content (AvgIpc) is 3.64. The third kappa shape index (κ3) is 6.37. The molecule has 4 fully saturated rings. The van der Waals surface area contributed by atoms with Crippen molar-refractivity contribution in [3.8, 4) is 0 Å². The number of nitrogens with one attached hydrogen (secondary N) is 2. The molecule has 1 aromatic heterocycles. The summed E-state index contributed by atoms with van der Waals surface area (Å²) in [6, 6.07) is 16.9. The van der Waals surface area contributed by atoms with E-state index in [1.165, 1.54) is 5.56 Å². The first-order chi connectivity index (χ1) is 23.5. The highest BCUT2D eigenvalue weighted by Gasteiger charge is 2.68. The maximum Gasteiger partial charge on any atom is 0.482 e. The fraction of sp³-hybridized carbons (Fsp3) is 0.500. The van der Waals surface area contributed by atoms with Crippen molar-refractivity contribution in [3.05, 3.63) is 105 Å². The van der Waals surface area contributed by atoms with Crippen LogP contribution in [-0.4, -0.2) is 40.2 Å². The fourth-order valence-corrected chi connectivity index (χ4v) is 9.62. The van der Waals surface area contributed by atoms with Crippen molar-refractivity contribution in [2.45, 2.75) is 102 Å². The van der Waals surface area contributed by atoms with E-state index in [0.29, 0.717) is 41.9 Å². The summed E-state index contributed by atoms with van der Waals surface area (Å²) in [6.45, 7) is 11.1. The number of anilines is 1. The summed E-state index contributed by atoms with van der Waals surface area (Å²) in [7, 11) is -0.609. The SMILES string of the molecule is C=CC[C@H](NC(=O)[C@@H]1C[C@@H](CCCc2ccccc2)c2c(Cl)nc(NCc3cccc(Cl)c3)c(=O)n21)B1O[C@@H]2C[C@@H]3C[C@@H](C3(C)C)[C@]2(C)O1. The van der Waals surface area contributed by atoms with E-state index in [2.05, 4.69) is 55.1 Å². The first-order valence-corrected chi connectivity index (χ1v) is 18.3. The van der Waals surface area contributed by atoms with Crippen molar-refractivity contribution in [1.29, 1.82) is 0 Å². The standard InChI is InChI=1S/C38H45BCl2N4O4/c1-5-11-31(39-48-30-21-26-20-29(37(26,2)3)38(30,4)49-39)43-35(46)28-19-25(16-9-14-23-12-7-6-8-13-23)32-33(41)44-34(36(47)45(28)32)42-22-24-15-10-17-27(40)18-24/h5-8,10,12-13,15,17-18,25-26,28-31H,1,9,11,14,16,19-22H2,2-4H3,(H,42,44)(H,43,46)/t25-,26+,28+,29+,30-,31+,38+/m1/s1. The molecule has 1 amide bonds. The quantitative estimate of drug-likeness (QED) is 0.150. The molecule has 2 bridgehead atoms. The Labute approximate surface area is 299 Å². The van der Waals surface area contributed by atoms with E-state index in [1.807, 2.05) is 36.4 Å². The molecule has 0 unspecified atom stereocenters. The number of benzene rings is 2. The molecule has 0 spiro atoms. The summed E-state index contributed by atoms with van der Waals surface area (Å²) in [6.07, 6.45) is 7.31. The molecule has 2 aliphatic heterocycles. The summed E-state index contributed by atoms with van der Waals surface area (Å²) < 4.78 is 14.9. The highest BCUT2D eigenvalue weighted by molar-refractivity contribution is 6.48. The zero-order valence-corrected chi connectivity index (χ0v) is 30.0. The topological polar surface area (TPSA) is 94.5 Å². The van der Waals surface area contributed by atoms with Crippen molar-refractivity contribution < 1.29 is 14.1 Å². The van der Waals surface area contributed by atoms with Crippen LogP contribution in [0, 0.1) is 17.3 Å². The van der Waals surface area contributed by atoms with E-state index in [-0.39, 0.29) is 39.9 Å². The highest BCUT2D eigenvalue weighted by atomic mass is 35.5. The molecule has 3 aromatic rings. The van der Waals surface area contributed by atoms with E-state index in [0.717, 1.165) is 37.7 Å². The van der Waals surface area contributed by atoms with Crippen molar-refractivity contribution in [2.75, 3.05) is 5.32 Å². The van der Waals surface area contributed by atoms with Gasteiger partial charge in [-0.05, 0) is 92.4 Å². The Morgan fingerprint density at radius 1 is 1.12 bits per heavy atom. The van der Waals surface area contributed by atoms with Gasteiger partial charge >= 0.3 is 7.12 Å². The zero-order valence-electron chi connectivity index (χ0n) is 28.5. The lowest BCUT2D eigenvalue weighted by molar-refractivity contribution is -0.199. The second-order valence-electron chi connectivity index (χ2n) is 15.1. The zero-order chi connectivity index (χ0) is 34.5. The minimum atomic E-state index is -0.769. The average molecular weight is 704 g/mol. The second-order valence-corrected chi connectivity index (χ2v) is 15.9. The number of hydrogen-bond donors (Lipinski definition) is 2. The third-order valence-electron chi connectivity index (χ3n) is 11.9. The molecule has 1 saturated heterocycles. The van der Waals surface area contributed by atoms with Gasteiger partial charge in [0.05, 0.1) is 23.3 Å². The number of nitrogens with zero attached hydrogens (tertiary/aromatic N) is 2. The Hall–Kier alpha value is -3.11. The van der Waals surface area contributed by atoms with E-state index < -0.39 is 24.7 Å². The predicted octanol–water partition coefficient (Wildman–Crippen LogP) is 7.54. The number of amides is 1. The first kappa shape index (κ1) is 34.3. The van der Waals surface area contributed by atoms with Crippen LogP contribution in [0.15, 0.2) is 72.0 Å². The summed E-state index contributed by atoms with van der Waals surface area (Å²) in [5, 5.41) is 7.21. The third-order valence-corrected chi connectivity index (χ3v) is 12.4. The molecule has 3 saturated carbocycles. The first-order valence-electron chi connectivity index (χ1n) is 17.6. The number of rotatable bonds is 12. The van der Waals surface area contributed by atoms with Gasteiger partial charge in [-0.1, -0.05) is 85.6 Å². The summed E-state index contributed by atoms with van der Waals surface area (Å²) in [4.78, 5) is 33.0. The van der Waals surface area contributed by atoms with Crippen molar-refractivity contribution in [2.24, 2.45) is 17.3 Å². The minimum absolute atomic E-state index is 0.0136. The number of carbonyl (C=O) groups excluding carboxylic acids is 1. The molecule has 3 aliphatic carbocycles. The van der Waals surface area contributed by atoms with Crippen LogP contribution in [-0.2, 0) is 27.1 Å². The summed E-state index contributed by atoms with van der Waals surface area (Å²) >= 11 is 13.1. The molecule has 0 radical (unpaired) electrons. The van der Waals surface area contributed by atoms with Crippen LogP contribution in [0.2, 0.25) is 10.2 Å². The highest BCUT2D eigenvalue weighted by Crippen LogP contribution is 2.65. The van der Waals surface area contributed by atoms with Gasteiger partial charge in [-0.3, -0.25) is 14.2 Å². The van der Waals surface area contributed by atoms with E-state index >= 15 is 0 Å². The van der Waals surface area contributed by atoms with Crippen LogP contribution in [0.4, 0.5) is 5.82 Å². The van der Waals surface area contributed by atoms with Crippen molar-refractivity contribution in [1.82, 2.24) is 14.9 Å². The van der Waals surface area contributed by atoms with Gasteiger partial charge in [-0.2, -0.15) is 0 Å². The number of carbonyl (C=O) groups is 1. The van der Waals surface area contributed by atoms with E-state index in [9.17, 15) is 9.59 Å². The largest absolute Gasteiger partial charge is 0.482 e. The Kier molecular flexibility index (Phi) is 9.50. The molecule has 258 valence electrons. The van der Waals surface area contributed by atoms with Crippen LogP contribution >= 0.6 is 23.2 Å². The van der Waals surface area contributed by atoms with Gasteiger partial charge < -0.3 is 19.9 Å². The minimum Gasteiger partial charge on any atom is -0.404 e. The molecule has 8 rings (SSSR count). The van der Waals surface area contributed by atoms with Crippen LogP contribution in [0.25, 0.3) is 0 Å². The number of aromatic nitrogens is 2. The van der Waals surface area contributed by atoms with Gasteiger partial charge in [0.1, 0.15) is 6.04 Å². The number of fused-ring (bicyclic) bond motifs is 1. The Morgan fingerprint density at radius 3 is 2.63 bits per heavy atom. The predicted molar refractivity (Wildman–Crippen MR) is 195 cm³/mol. The molecule has 11 heteroatoms. The molecule has 2 N–H and O–H groups in total. The lowest BCUT2D eigenvalue weighted by Gasteiger charge is -2.64. The molecular weight excluding hydrogens is 658 g/mol. The van der Waals surface area contributed by atoms with Crippen LogP contribution in [0.5, 0.6) is 0 Å². The molecule has 7 atom stereocenters.